The molecule has 1 fully saturated rings. The van der Waals surface area contributed by atoms with Gasteiger partial charge >= 0.3 is 12.3 Å². The van der Waals surface area contributed by atoms with E-state index in [0.29, 0.717) is 28.6 Å². The number of carboxylic acids is 1. The van der Waals surface area contributed by atoms with Crippen LogP contribution >= 0.6 is 11.6 Å². The number of ether oxygens (including phenoxy) is 1. The van der Waals surface area contributed by atoms with E-state index in [0.717, 1.165) is 24.2 Å². The van der Waals surface area contributed by atoms with Gasteiger partial charge in [-0.25, -0.2) is 9.78 Å². The first-order valence-corrected chi connectivity index (χ1v) is 13.3. The van der Waals surface area contributed by atoms with Crippen molar-refractivity contribution in [1.29, 1.82) is 0 Å². The number of nitrogens with zero attached hydrogens (tertiary/aromatic N) is 3. The summed E-state index contributed by atoms with van der Waals surface area (Å²) in [7, 11) is 1.39. The van der Waals surface area contributed by atoms with Crippen LogP contribution in [0, 0.1) is 11.3 Å². The molecule has 0 saturated heterocycles. The van der Waals surface area contributed by atoms with Crippen molar-refractivity contribution >= 4 is 46.1 Å². The molecule has 0 spiro atoms. The Bertz CT molecular complexity index is 1420. The standard InChI is InChI=1S/C28H32ClF3N4O4/c1-15-10-18(14-27(3,4)13-15)36-23-12-21(29)20(24(37)35(5)16(2)25(38)39)11-22(23)34-26(36)33-17-6-8-19(9-7-17)40-28(30,31)32/h6-9,11-12,15-16,18H,10,13-14H2,1-5H3,(H,33,34)(H,38,39)/t15-,16?,18+/m0/s1. The number of likely N-dealkylation sites (N-methyl/N-ethyl adjacent to an activating group) is 1. The smallest absolute Gasteiger partial charge is 0.480 e. The SMILES string of the molecule is CC(C(=O)O)N(C)C(=O)c1cc2nc(Nc3ccc(OC(F)(F)F)cc3)n([C@@H]3C[C@H](C)CC(C)(C)C3)c2cc1Cl. The highest BCUT2D eigenvalue weighted by atomic mass is 35.5. The second kappa shape index (κ2) is 10.8. The second-order valence-electron chi connectivity index (χ2n) is 11.3. The van der Waals surface area contributed by atoms with E-state index < -0.39 is 24.3 Å². The van der Waals surface area contributed by atoms with Gasteiger partial charge in [-0.15, -0.1) is 13.2 Å². The van der Waals surface area contributed by atoms with Crippen LogP contribution in [0.2, 0.25) is 5.02 Å². The van der Waals surface area contributed by atoms with Gasteiger partial charge in [0.05, 0.1) is 21.6 Å². The molecule has 1 aliphatic carbocycles. The third-order valence-corrected chi connectivity index (χ3v) is 7.65. The van der Waals surface area contributed by atoms with E-state index in [1.54, 1.807) is 12.1 Å². The lowest BCUT2D eigenvalue weighted by Crippen LogP contribution is -2.40. The first-order chi connectivity index (χ1) is 18.5. The van der Waals surface area contributed by atoms with Gasteiger partial charge in [-0.3, -0.25) is 4.79 Å². The number of halogens is 4. The third-order valence-electron chi connectivity index (χ3n) is 7.34. The molecule has 12 heteroatoms. The molecule has 2 aromatic carbocycles. The van der Waals surface area contributed by atoms with Gasteiger partial charge < -0.3 is 24.6 Å². The van der Waals surface area contributed by atoms with E-state index in [1.807, 2.05) is 4.57 Å². The van der Waals surface area contributed by atoms with Crippen molar-refractivity contribution in [2.24, 2.45) is 11.3 Å². The number of carboxylic acid groups (broad SMARTS) is 1. The minimum atomic E-state index is -4.79. The highest BCUT2D eigenvalue weighted by Crippen LogP contribution is 2.46. The van der Waals surface area contributed by atoms with Crippen LogP contribution in [0.25, 0.3) is 11.0 Å². The quantitative estimate of drug-likeness (QED) is 0.305. The summed E-state index contributed by atoms with van der Waals surface area (Å²) in [6.45, 7) is 8.03. The molecule has 216 valence electrons. The van der Waals surface area contributed by atoms with Crippen molar-refractivity contribution in [1.82, 2.24) is 14.5 Å². The summed E-state index contributed by atoms with van der Waals surface area (Å²) in [5, 5.41) is 12.7. The Hall–Kier alpha value is -3.47. The van der Waals surface area contributed by atoms with Crippen molar-refractivity contribution in [3.63, 3.8) is 0 Å². The molecule has 1 unspecified atom stereocenters. The van der Waals surface area contributed by atoms with Crippen molar-refractivity contribution in [2.75, 3.05) is 12.4 Å². The molecule has 40 heavy (non-hydrogen) atoms. The number of hydrogen-bond acceptors (Lipinski definition) is 5. The molecule has 2 N–H and O–H groups in total. The zero-order chi connectivity index (χ0) is 29.6. The zero-order valence-corrected chi connectivity index (χ0v) is 23.6. The predicted octanol–water partition coefficient (Wildman–Crippen LogP) is 7.26. The normalized spacial score (nSPS) is 19.7. The minimum Gasteiger partial charge on any atom is -0.480 e. The maximum atomic E-state index is 13.1. The molecule has 8 nitrogen and oxygen atoms in total. The first kappa shape index (κ1) is 29.5. The molecule has 0 radical (unpaired) electrons. The number of amides is 1. The lowest BCUT2D eigenvalue weighted by Gasteiger charge is -2.40. The number of fused-ring (bicyclic) bond motifs is 1. The fraction of sp³-hybridized carbons (Fsp3) is 0.464. The summed E-state index contributed by atoms with van der Waals surface area (Å²) in [4.78, 5) is 30.4. The summed E-state index contributed by atoms with van der Waals surface area (Å²) in [6, 6.07) is 7.52. The van der Waals surface area contributed by atoms with E-state index >= 15 is 0 Å². The van der Waals surface area contributed by atoms with Crippen LogP contribution in [0.15, 0.2) is 36.4 Å². The molecule has 0 aliphatic heterocycles. The average Bonchev–Trinajstić information content (AvgIpc) is 3.17. The second-order valence-corrected chi connectivity index (χ2v) is 11.7. The monoisotopic (exact) mass is 580 g/mol. The highest BCUT2D eigenvalue weighted by Gasteiger charge is 2.35. The van der Waals surface area contributed by atoms with Gasteiger partial charge in [-0.2, -0.15) is 0 Å². The molecule has 1 saturated carbocycles. The van der Waals surface area contributed by atoms with E-state index in [1.165, 1.54) is 38.2 Å². The van der Waals surface area contributed by atoms with Crippen LogP contribution in [0.4, 0.5) is 24.8 Å². The number of benzene rings is 2. The number of aliphatic carboxylic acids is 1. The Morgan fingerprint density at radius 2 is 1.88 bits per heavy atom. The zero-order valence-electron chi connectivity index (χ0n) is 22.8. The van der Waals surface area contributed by atoms with Gasteiger partial charge in [0.1, 0.15) is 11.8 Å². The molecule has 1 aliphatic rings. The molecule has 4 rings (SSSR count). The predicted molar refractivity (Wildman–Crippen MR) is 146 cm³/mol. The van der Waals surface area contributed by atoms with E-state index in [2.05, 4.69) is 30.8 Å². The van der Waals surface area contributed by atoms with Crippen LogP contribution in [0.3, 0.4) is 0 Å². The van der Waals surface area contributed by atoms with E-state index in [-0.39, 0.29) is 27.8 Å². The van der Waals surface area contributed by atoms with Gasteiger partial charge in [0.2, 0.25) is 5.95 Å². The number of rotatable bonds is 7. The van der Waals surface area contributed by atoms with Crippen molar-refractivity contribution in [3.05, 3.63) is 47.0 Å². The maximum Gasteiger partial charge on any atom is 0.573 e. The Balaban J connectivity index is 1.78. The number of alkyl halides is 3. The number of nitrogens with one attached hydrogen (secondary N) is 1. The summed E-state index contributed by atoms with van der Waals surface area (Å²) in [5.41, 5.74) is 1.82. The number of carbonyl (C=O) groups is 2. The average molecular weight is 581 g/mol. The lowest BCUT2D eigenvalue weighted by molar-refractivity contribution is -0.274. The Kier molecular flexibility index (Phi) is 7.99. The van der Waals surface area contributed by atoms with E-state index in [4.69, 9.17) is 16.6 Å². The van der Waals surface area contributed by atoms with Gasteiger partial charge in [0, 0.05) is 18.8 Å². The largest absolute Gasteiger partial charge is 0.573 e. The molecule has 0 bridgehead atoms. The number of imidazole rings is 1. The number of anilines is 2. The van der Waals surface area contributed by atoms with E-state index in [9.17, 15) is 27.9 Å². The molecule has 1 aromatic heterocycles. The summed E-state index contributed by atoms with van der Waals surface area (Å²) >= 11 is 6.60. The molecule has 3 atom stereocenters. The molecular weight excluding hydrogens is 549 g/mol. The van der Waals surface area contributed by atoms with Crippen LogP contribution < -0.4 is 10.1 Å². The lowest BCUT2D eigenvalue weighted by atomic mass is 9.70. The van der Waals surface area contributed by atoms with Crippen molar-refractivity contribution < 1.29 is 32.6 Å². The Morgan fingerprint density at radius 3 is 2.45 bits per heavy atom. The number of aromatic nitrogens is 2. The van der Waals surface area contributed by atoms with Crippen molar-refractivity contribution in [2.45, 2.75) is 65.4 Å². The fourth-order valence-corrected chi connectivity index (χ4v) is 5.87. The molecular formula is C28H32ClF3N4O4. The Labute approximate surface area is 235 Å². The van der Waals surface area contributed by atoms with Crippen LogP contribution in [0.1, 0.15) is 63.4 Å². The molecule has 1 heterocycles. The summed E-state index contributed by atoms with van der Waals surface area (Å²) < 4.78 is 43.8. The summed E-state index contributed by atoms with van der Waals surface area (Å²) in [5.74, 6) is -1.17. The van der Waals surface area contributed by atoms with Crippen LogP contribution in [0.5, 0.6) is 5.75 Å². The van der Waals surface area contributed by atoms with Gasteiger partial charge in [-0.1, -0.05) is 32.4 Å². The van der Waals surface area contributed by atoms with Gasteiger partial charge in [-0.05, 0) is 73.9 Å². The fourth-order valence-electron chi connectivity index (χ4n) is 5.63. The highest BCUT2D eigenvalue weighted by molar-refractivity contribution is 6.34. The number of carbonyl (C=O) groups excluding carboxylic acids is 1. The van der Waals surface area contributed by atoms with Gasteiger partial charge in [0.15, 0.2) is 0 Å². The maximum absolute atomic E-state index is 13.1. The summed E-state index contributed by atoms with van der Waals surface area (Å²) in [6.07, 6.45) is -2.00. The molecule has 3 aromatic rings. The van der Waals surface area contributed by atoms with Crippen LogP contribution in [-0.4, -0.2) is 50.9 Å². The van der Waals surface area contributed by atoms with Gasteiger partial charge in [0.25, 0.3) is 5.91 Å². The van der Waals surface area contributed by atoms with Crippen LogP contribution in [-0.2, 0) is 4.79 Å². The topological polar surface area (TPSA) is 96.7 Å². The minimum absolute atomic E-state index is 0.0337. The third kappa shape index (κ3) is 6.46. The Morgan fingerprint density at radius 1 is 1.23 bits per heavy atom. The first-order valence-electron chi connectivity index (χ1n) is 12.9. The van der Waals surface area contributed by atoms with Crippen molar-refractivity contribution in [3.8, 4) is 5.75 Å². The molecule has 1 amide bonds. The number of hydrogen-bond donors (Lipinski definition) is 2.